The van der Waals surface area contributed by atoms with Crippen molar-refractivity contribution in [3.63, 3.8) is 0 Å². The van der Waals surface area contributed by atoms with E-state index >= 15 is 0 Å². The van der Waals surface area contributed by atoms with Gasteiger partial charge in [-0.1, -0.05) is 0 Å². The molecule has 6 heteroatoms. The molecule has 3 rings (SSSR count). The van der Waals surface area contributed by atoms with Crippen LogP contribution in [0, 0.1) is 0 Å². The van der Waals surface area contributed by atoms with Crippen LogP contribution < -0.4 is 4.90 Å². The van der Waals surface area contributed by atoms with Gasteiger partial charge in [-0.3, -0.25) is 4.90 Å². The highest BCUT2D eigenvalue weighted by molar-refractivity contribution is 9.10. The van der Waals surface area contributed by atoms with E-state index in [1.54, 1.807) is 6.20 Å². The van der Waals surface area contributed by atoms with Gasteiger partial charge in [-0.05, 0) is 53.3 Å². The normalized spacial score (nSPS) is 25.0. The van der Waals surface area contributed by atoms with Gasteiger partial charge in [0.25, 0.3) is 0 Å². The van der Waals surface area contributed by atoms with Crippen molar-refractivity contribution < 1.29 is 0 Å². The van der Waals surface area contributed by atoms with Crippen LogP contribution >= 0.6 is 27.5 Å². The number of aromatic nitrogens is 2. The van der Waals surface area contributed by atoms with Gasteiger partial charge in [-0.15, -0.1) is 0 Å². The molecule has 18 heavy (non-hydrogen) atoms. The summed E-state index contributed by atoms with van der Waals surface area (Å²) >= 11 is 9.43. The van der Waals surface area contributed by atoms with Crippen molar-refractivity contribution in [1.29, 1.82) is 0 Å². The number of halogens is 2. The van der Waals surface area contributed by atoms with Crippen LogP contribution in [0.4, 0.5) is 5.82 Å². The molecule has 4 nitrogen and oxygen atoms in total. The van der Waals surface area contributed by atoms with E-state index in [0.29, 0.717) is 11.3 Å². The van der Waals surface area contributed by atoms with E-state index < -0.39 is 0 Å². The summed E-state index contributed by atoms with van der Waals surface area (Å²) in [4.78, 5) is 13.3. The Hall–Kier alpha value is -0.390. The van der Waals surface area contributed by atoms with Crippen LogP contribution in [0.25, 0.3) is 0 Å². The third-order valence-electron chi connectivity index (χ3n) is 3.80. The first kappa shape index (κ1) is 12.6. The van der Waals surface area contributed by atoms with E-state index in [-0.39, 0.29) is 0 Å². The lowest BCUT2D eigenvalue weighted by Crippen LogP contribution is -2.37. The Labute approximate surface area is 120 Å². The molecular formula is C12H16BrClN4. The van der Waals surface area contributed by atoms with Crippen molar-refractivity contribution in [2.75, 3.05) is 31.1 Å². The SMILES string of the molecule is Clc1ncc(Br)c(N2CCCN3CCCC3C2)n1. The molecule has 0 aliphatic carbocycles. The van der Waals surface area contributed by atoms with Crippen LogP contribution in [0.1, 0.15) is 19.3 Å². The van der Waals surface area contributed by atoms with Crippen molar-refractivity contribution in [1.82, 2.24) is 14.9 Å². The molecule has 98 valence electrons. The minimum Gasteiger partial charge on any atom is -0.354 e. The third kappa shape index (κ3) is 2.49. The van der Waals surface area contributed by atoms with Gasteiger partial charge in [0.05, 0.1) is 4.47 Å². The largest absolute Gasteiger partial charge is 0.354 e. The van der Waals surface area contributed by atoms with Gasteiger partial charge in [0, 0.05) is 31.9 Å². The summed E-state index contributed by atoms with van der Waals surface area (Å²) in [6, 6.07) is 0.674. The molecule has 0 aromatic carbocycles. The summed E-state index contributed by atoms with van der Waals surface area (Å²) in [6.07, 6.45) is 5.55. The van der Waals surface area contributed by atoms with Crippen LogP contribution in [-0.4, -0.2) is 47.1 Å². The summed E-state index contributed by atoms with van der Waals surface area (Å²) in [5, 5.41) is 0.320. The third-order valence-corrected chi connectivity index (χ3v) is 4.54. The fraction of sp³-hybridized carbons (Fsp3) is 0.667. The van der Waals surface area contributed by atoms with Crippen molar-refractivity contribution in [2.45, 2.75) is 25.3 Å². The maximum atomic E-state index is 5.91. The van der Waals surface area contributed by atoms with Crippen LogP contribution in [0.3, 0.4) is 0 Å². The number of rotatable bonds is 1. The molecule has 0 bridgehead atoms. The van der Waals surface area contributed by atoms with Crippen molar-refractivity contribution in [3.05, 3.63) is 16.0 Å². The zero-order valence-electron chi connectivity index (χ0n) is 10.1. The first-order valence-electron chi connectivity index (χ1n) is 6.41. The number of hydrogen-bond donors (Lipinski definition) is 0. The average Bonchev–Trinajstić information content (AvgIpc) is 2.70. The molecule has 1 unspecified atom stereocenters. The second-order valence-electron chi connectivity index (χ2n) is 4.94. The van der Waals surface area contributed by atoms with Gasteiger partial charge >= 0.3 is 0 Å². The second kappa shape index (κ2) is 5.31. The highest BCUT2D eigenvalue weighted by Gasteiger charge is 2.29. The van der Waals surface area contributed by atoms with E-state index in [0.717, 1.165) is 23.4 Å². The predicted molar refractivity (Wildman–Crippen MR) is 76.2 cm³/mol. The lowest BCUT2D eigenvalue weighted by Gasteiger charge is -2.27. The molecule has 1 aromatic rings. The molecule has 0 N–H and O–H groups in total. The molecule has 2 aliphatic rings. The first-order chi connectivity index (χ1) is 8.74. The molecule has 2 aliphatic heterocycles. The maximum Gasteiger partial charge on any atom is 0.224 e. The highest BCUT2D eigenvalue weighted by atomic mass is 79.9. The van der Waals surface area contributed by atoms with Crippen LogP contribution in [0.2, 0.25) is 5.28 Å². The first-order valence-corrected chi connectivity index (χ1v) is 7.58. The topological polar surface area (TPSA) is 32.3 Å². The van der Waals surface area contributed by atoms with E-state index in [4.69, 9.17) is 11.6 Å². The molecule has 3 heterocycles. The average molecular weight is 332 g/mol. The number of hydrogen-bond acceptors (Lipinski definition) is 4. The highest BCUT2D eigenvalue weighted by Crippen LogP contribution is 2.28. The van der Waals surface area contributed by atoms with Gasteiger partial charge in [-0.25, -0.2) is 4.98 Å². The molecule has 1 aromatic heterocycles. The summed E-state index contributed by atoms with van der Waals surface area (Å²) in [6.45, 7) is 4.55. The zero-order chi connectivity index (χ0) is 12.5. The molecule has 0 saturated carbocycles. The van der Waals surface area contributed by atoms with Crippen molar-refractivity contribution in [2.24, 2.45) is 0 Å². The van der Waals surface area contributed by atoms with Crippen LogP contribution in [0.5, 0.6) is 0 Å². The van der Waals surface area contributed by atoms with Gasteiger partial charge in [0.1, 0.15) is 5.82 Å². The monoisotopic (exact) mass is 330 g/mol. The van der Waals surface area contributed by atoms with Crippen LogP contribution in [-0.2, 0) is 0 Å². The van der Waals surface area contributed by atoms with Crippen molar-refractivity contribution >= 4 is 33.3 Å². The summed E-state index contributed by atoms with van der Waals surface area (Å²) in [7, 11) is 0. The Morgan fingerprint density at radius 2 is 2.11 bits per heavy atom. The van der Waals surface area contributed by atoms with Gasteiger partial charge in [-0.2, -0.15) is 4.98 Å². The minimum atomic E-state index is 0.320. The lowest BCUT2D eigenvalue weighted by atomic mass is 10.2. The quantitative estimate of drug-likeness (QED) is 0.740. The fourth-order valence-electron chi connectivity index (χ4n) is 2.96. The molecule has 0 amide bonds. The lowest BCUT2D eigenvalue weighted by molar-refractivity contribution is 0.273. The Morgan fingerprint density at radius 3 is 3.00 bits per heavy atom. The van der Waals surface area contributed by atoms with E-state index in [9.17, 15) is 0 Å². The number of fused-ring (bicyclic) bond motifs is 1. The zero-order valence-corrected chi connectivity index (χ0v) is 12.5. The molecule has 2 saturated heterocycles. The summed E-state index contributed by atoms with van der Waals surface area (Å²) in [5.74, 6) is 0.934. The molecule has 1 atom stereocenters. The Kier molecular flexibility index (Phi) is 3.73. The second-order valence-corrected chi connectivity index (χ2v) is 6.13. The van der Waals surface area contributed by atoms with Crippen LogP contribution in [0.15, 0.2) is 10.7 Å². The van der Waals surface area contributed by atoms with E-state index in [1.165, 1.54) is 32.4 Å². The molecular weight excluding hydrogens is 316 g/mol. The standard InChI is InChI=1S/C12H16BrClN4/c13-10-7-15-12(14)16-11(10)18-6-2-5-17-4-1-3-9(17)8-18/h7,9H,1-6,8H2. The molecule has 0 radical (unpaired) electrons. The number of anilines is 1. The summed E-state index contributed by atoms with van der Waals surface area (Å²) < 4.78 is 0.929. The van der Waals surface area contributed by atoms with Gasteiger partial charge < -0.3 is 4.90 Å². The molecule has 0 spiro atoms. The van der Waals surface area contributed by atoms with Crippen molar-refractivity contribution in [3.8, 4) is 0 Å². The van der Waals surface area contributed by atoms with E-state index in [1.807, 2.05) is 0 Å². The molecule has 2 fully saturated rings. The Bertz CT molecular complexity index is 442. The smallest absolute Gasteiger partial charge is 0.224 e. The van der Waals surface area contributed by atoms with E-state index in [2.05, 4.69) is 35.7 Å². The number of nitrogens with zero attached hydrogens (tertiary/aromatic N) is 4. The fourth-order valence-corrected chi connectivity index (χ4v) is 3.53. The predicted octanol–water partition coefficient (Wildman–Crippen LogP) is 2.57. The van der Waals surface area contributed by atoms with Gasteiger partial charge in [0.2, 0.25) is 5.28 Å². The Balaban J connectivity index is 1.84. The summed E-state index contributed by atoms with van der Waals surface area (Å²) in [5.41, 5.74) is 0. The van der Waals surface area contributed by atoms with Gasteiger partial charge in [0.15, 0.2) is 0 Å². The maximum absolute atomic E-state index is 5.91. The minimum absolute atomic E-state index is 0.320. The Morgan fingerprint density at radius 1 is 1.28 bits per heavy atom.